The molecule has 0 aromatic carbocycles. The summed E-state index contributed by atoms with van der Waals surface area (Å²) in [7, 11) is 1.66. The monoisotopic (exact) mass is 224 g/mol. The summed E-state index contributed by atoms with van der Waals surface area (Å²) in [6.45, 7) is 3.91. The molecule has 0 fully saturated rings. The van der Waals surface area contributed by atoms with Crippen LogP contribution in [0, 0.1) is 6.92 Å². The van der Waals surface area contributed by atoms with Crippen molar-refractivity contribution >= 4 is 0 Å². The van der Waals surface area contributed by atoms with E-state index in [9.17, 15) is 0 Å². The van der Waals surface area contributed by atoms with E-state index >= 15 is 0 Å². The van der Waals surface area contributed by atoms with Gasteiger partial charge in [-0.05, 0) is 24.5 Å². The second-order valence-electron chi connectivity index (χ2n) is 3.80. The maximum absolute atomic E-state index is 6.03. The molecule has 0 saturated heterocycles. The van der Waals surface area contributed by atoms with Gasteiger partial charge in [0.25, 0.3) is 0 Å². The van der Waals surface area contributed by atoms with Crippen LogP contribution in [0.4, 0.5) is 0 Å². The summed E-state index contributed by atoms with van der Waals surface area (Å²) in [6, 6.07) is 2.06. The molecule has 1 rings (SSSR count). The van der Waals surface area contributed by atoms with Gasteiger partial charge in [0.05, 0.1) is 13.2 Å². The minimum Gasteiger partial charge on any atom is -0.382 e. The Morgan fingerprint density at radius 2 is 2.12 bits per heavy atom. The van der Waals surface area contributed by atoms with E-state index < -0.39 is 0 Å². The van der Waals surface area contributed by atoms with Crippen molar-refractivity contribution in [3.05, 3.63) is 29.6 Å². The first-order chi connectivity index (χ1) is 7.74. The van der Waals surface area contributed by atoms with Crippen molar-refractivity contribution in [2.24, 2.45) is 5.73 Å². The van der Waals surface area contributed by atoms with E-state index in [1.807, 2.05) is 19.3 Å². The quantitative estimate of drug-likeness (QED) is 0.712. The van der Waals surface area contributed by atoms with Crippen LogP contribution in [0.15, 0.2) is 18.5 Å². The Kier molecular flexibility index (Phi) is 6.00. The number of aryl methyl sites for hydroxylation is 1. The minimum absolute atomic E-state index is 0.00468. The molecule has 1 aromatic heterocycles. The molecule has 1 aromatic rings. The minimum atomic E-state index is -0.00468. The molecular weight excluding hydrogens is 204 g/mol. The molecule has 0 saturated carbocycles. The van der Waals surface area contributed by atoms with Gasteiger partial charge < -0.3 is 15.2 Å². The normalized spacial score (nSPS) is 12.7. The van der Waals surface area contributed by atoms with Crippen molar-refractivity contribution in [1.29, 1.82) is 0 Å². The zero-order valence-electron chi connectivity index (χ0n) is 9.98. The van der Waals surface area contributed by atoms with Gasteiger partial charge in [0.1, 0.15) is 0 Å². The number of ether oxygens (including phenoxy) is 2. The van der Waals surface area contributed by atoms with Gasteiger partial charge in [-0.3, -0.25) is 4.98 Å². The number of methoxy groups -OCH3 is 1. The highest BCUT2D eigenvalue weighted by molar-refractivity contribution is 5.19. The molecule has 0 aliphatic heterocycles. The molecule has 90 valence electrons. The van der Waals surface area contributed by atoms with Crippen LogP contribution >= 0.6 is 0 Å². The van der Waals surface area contributed by atoms with Gasteiger partial charge in [-0.2, -0.15) is 0 Å². The van der Waals surface area contributed by atoms with Gasteiger partial charge in [0.2, 0.25) is 0 Å². The Balaban J connectivity index is 2.27. The zero-order valence-corrected chi connectivity index (χ0v) is 9.98. The van der Waals surface area contributed by atoms with Crippen LogP contribution in [-0.2, 0) is 9.47 Å². The fourth-order valence-electron chi connectivity index (χ4n) is 1.40. The lowest BCUT2D eigenvalue weighted by Gasteiger charge is -2.12. The van der Waals surface area contributed by atoms with E-state index in [1.165, 1.54) is 0 Å². The standard InChI is InChI=1S/C12H20N2O2/c1-10-7-11(9-14-8-10)12(13)3-4-16-6-5-15-2/h7-9,12H,3-6,13H2,1-2H3. The predicted molar refractivity (Wildman–Crippen MR) is 63.2 cm³/mol. The molecule has 1 unspecified atom stereocenters. The fourth-order valence-corrected chi connectivity index (χ4v) is 1.40. The number of hydrogen-bond donors (Lipinski definition) is 1. The lowest BCUT2D eigenvalue weighted by Crippen LogP contribution is -2.14. The van der Waals surface area contributed by atoms with E-state index in [2.05, 4.69) is 11.1 Å². The number of aromatic nitrogens is 1. The van der Waals surface area contributed by atoms with Crippen LogP contribution in [0.5, 0.6) is 0 Å². The maximum Gasteiger partial charge on any atom is 0.0700 e. The maximum atomic E-state index is 6.03. The third-order valence-corrected chi connectivity index (χ3v) is 2.33. The Bertz CT molecular complexity index is 305. The molecule has 1 atom stereocenters. The topological polar surface area (TPSA) is 57.4 Å². The molecule has 16 heavy (non-hydrogen) atoms. The third kappa shape index (κ3) is 4.70. The van der Waals surface area contributed by atoms with Gasteiger partial charge in [0.15, 0.2) is 0 Å². The lowest BCUT2D eigenvalue weighted by atomic mass is 10.1. The molecule has 0 amide bonds. The Morgan fingerprint density at radius 3 is 2.81 bits per heavy atom. The van der Waals surface area contributed by atoms with E-state index in [0.717, 1.165) is 17.5 Å². The van der Waals surface area contributed by atoms with Crippen molar-refractivity contribution in [3.8, 4) is 0 Å². The fraction of sp³-hybridized carbons (Fsp3) is 0.583. The molecule has 2 N–H and O–H groups in total. The lowest BCUT2D eigenvalue weighted by molar-refractivity contribution is 0.0672. The molecule has 4 nitrogen and oxygen atoms in total. The molecule has 0 aliphatic rings. The molecule has 0 bridgehead atoms. The summed E-state index contributed by atoms with van der Waals surface area (Å²) in [5, 5.41) is 0. The smallest absolute Gasteiger partial charge is 0.0700 e. The molecular formula is C12H20N2O2. The van der Waals surface area contributed by atoms with Gasteiger partial charge in [-0.1, -0.05) is 6.07 Å². The number of nitrogens with two attached hydrogens (primary N) is 1. The van der Waals surface area contributed by atoms with Crippen molar-refractivity contribution in [3.63, 3.8) is 0 Å². The van der Waals surface area contributed by atoms with Gasteiger partial charge in [0, 0.05) is 32.2 Å². The first-order valence-electron chi connectivity index (χ1n) is 5.48. The summed E-state index contributed by atoms with van der Waals surface area (Å²) in [5.74, 6) is 0. The first kappa shape index (κ1) is 13.1. The third-order valence-electron chi connectivity index (χ3n) is 2.33. The summed E-state index contributed by atoms with van der Waals surface area (Å²) in [5.41, 5.74) is 8.23. The number of nitrogens with zero attached hydrogens (tertiary/aromatic N) is 1. The van der Waals surface area contributed by atoms with E-state index in [4.69, 9.17) is 15.2 Å². The van der Waals surface area contributed by atoms with Gasteiger partial charge >= 0.3 is 0 Å². The number of rotatable bonds is 7. The van der Waals surface area contributed by atoms with Crippen molar-refractivity contribution in [1.82, 2.24) is 4.98 Å². The van der Waals surface area contributed by atoms with Crippen LogP contribution in [0.25, 0.3) is 0 Å². The second-order valence-corrected chi connectivity index (χ2v) is 3.80. The number of pyridine rings is 1. The highest BCUT2D eigenvalue weighted by Crippen LogP contribution is 2.13. The molecule has 1 heterocycles. The summed E-state index contributed by atoms with van der Waals surface area (Å²) in [4.78, 5) is 4.12. The molecule has 0 aliphatic carbocycles. The van der Waals surface area contributed by atoms with Crippen LogP contribution in [0.2, 0.25) is 0 Å². The van der Waals surface area contributed by atoms with Crippen LogP contribution < -0.4 is 5.73 Å². The molecule has 0 spiro atoms. The van der Waals surface area contributed by atoms with Crippen molar-refractivity contribution in [2.45, 2.75) is 19.4 Å². The van der Waals surface area contributed by atoms with Crippen molar-refractivity contribution < 1.29 is 9.47 Å². The van der Waals surface area contributed by atoms with Crippen LogP contribution in [0.1, 0.15) is 23.6 Å². The highest BCUT2D eigenvalue weighted by atomic mass is 16.5. The Morgan fingerprint density at radius 1 is 1.31 bits per heavy atom. The zero-order chi connectivity index (χ0) is 11.8. The van der Waals surface area contributed by atoms with Crippen LogP contribution in [-0.4, -0.2) is 31.9 Å². The van der Waals surface area contributed by atoms with Crippen molar-refractivity contribution in [2.75, 3.05) is 26.9 Å². The molecule has 4 heteroatoms. The SMILES string of the molecule is COCCOCCC(N)c1cncc(C)c1. The Hall–Kier alpha value is -0.970. The Labute approximate surface area is 96.8 Å². The summed E-state index contributed by atoms with van der Waals surface area (Å²) in [6.07, 6.45) is 4.44. The predicted octanol–water partition coefficient (Wildman–Crippen LogP) is 1.44. The largest absolute Gasteiger partial charge is 0.382 e. The average Bonchev–Trinajstić information content (AvgIpc) is 2.28. The van der Waals surface area contributed by atoms with E-state index in [1.54, 1.807) is 7.11 Å². The summed E-state index contributed by atoms with van der Waals surface area (Å²) < 4.78 is 10.3. The highest BCUT2D eigenvalue weighted by Gasteiger charge is 2.06. The summed E-state index contributed by atoms with van der Waals surface area (Å²) >= 11 is 0. The molecule has 0 radical (unpaired) electrons. The van der Waals surface area contributed by atoms with Crippen LogP contribution in [0.3, 0.4) is 0 Å². The van der Waals surface area contributed by atoms with Gasteiger partial charge in [-0.15, -0.1) is 0 Å². The van der Waals surface area contributed by atoms with E-state index in [-0.39, 0.29) is 6.04 Å². The first-order valence-corrected chi connectivity index (χ1v) is 5.48. The average molecular weight is 224 g/mol. The van der Waals surface area contributed by atoms with E-state index in [0.29, 0.717) is 19.8 Å². The number of hydrogen-bond acceptors (Lipinski definition) is 4. The van der Waals surface area contributed by atoms with Gasteiger partial charge in [-0.25, -0.2) is 0 Å². The second kappa shape index (κ2) is 7.33.